The summed E-state index contributed by atoms with van der Waals surface area (Å²) in [7, 11) is -1.61. The van der Waals surface area contributed by atoms with E-state index >= 15 is 0 Å². The lowest BCUT2D eigenvalue weighted by atomic mass is 9.42. The van der Waals surface area contributed by atoms with Crippen molar-refractivity contribution in [1.82, 2.24) is 15.2 Å². The minimum Gasteiger partial charge on any atom is -0.486 e. The summed E-state index contributed by atoms with van der Waals surface area (Å²) < 4.78 is 17.9. The minimum atomic E-state index is -1.03. The zero-order valence-corrected chi connectivity index (χ0v) is 31.9. The molecule has 2 saturated carbocycles. The molecule has 9 unspecified atom stereocenters. The van der Waals surface area contributed by atoms with Gasteiger partial charge in [-0.2, -0.15) is 0 Å². The number of fused-ring (bicyclic) bond motifs is 7. The van der Waals surface area contributed by atoms with E-state index in [0.717, 1.165) is 85.5 Å². The van der Waals surface area contributed by atoms with Crippen molar-refractivity contribution in [3.8, 4) is 5.88 Å². The number of pyridine rings is 1. The molecule has 1 N–H and O–H groups in total. The highest BCUT2D eigenvalue weighted by atomic mass is 32.2. The van der Waals surface area contributed by atoms with Gasteiger partial charge in [0.05, 0.1) is 24.0 Å². The van der Waals surface area contributed by atoms with E-state index in [2.05, 4.69) is 47.9 Å². The topological polar surface area (TPSA) is 54.5 Å². The van der Waals surface area contributed by atoms with Gasteiger partial charge in [0.25, 0.3) is 0 Å². The summed E-state index contributed by atoms with van der Waals surface area (Å²) in [5, 5.41) is 4.26. The fourth-order valence-corrected chi connectivity index (χ4v) is 20.5. The first-order chi connectivity index (χ1) is 23.3. The van der Waals surface area contributed by atoms with Gasteiger partial charge in [0, 0.05) is 91.5 Å². The normalized spacial score (nSPS) is 41.8. The van der Waals surface area contributed by atoms with Gasteiger partial charge >= 0.3 is 0 Å². The second-order valence-corrected chi connectivity index (χ2v) is 23.7. The van der Waals surface area contributed by atoms with E-state index < -0.39 is 18.1 Å². The van der Waals surface area contributed by atoms with Crippen LogP contribution in [0.2, 0.25) is 12.6 Å². The van der Waals surface area contributed by atoms with Crippen LogP contribution in [0.4, 0.5) is 0 Å². The molecule has 0 bridgehead atoms. The number of hydrogen-bond donors (Lipinski definition) is 1. The number of nitrogens with one attached hydrogen (secondary N) is 1. The van der Waals surface area contributed by atoms with Gasteiger partial charge < -0.3 is 15.0 Å². The Kier molecular flexibility index (Phi) is 9.84. The average Bonchev–Trinajstić information content (AvgIpc) is 3.53. The molecule has 262 valence electrons. The molecular formula is C40H62BN3O2PS+. The van der Waals surface area contributed by atoms with E-state index in [1.165, 1.54) is 70.5 Å². The van der Waals surface area contributed by atoms with E-state index in [9.17, 15) is 4.21 Å². The van der Waals surface area contributed by atoms with E-state index in [1.807, 2.05) is 24.4 Å². The zero-order valence-electron chi connectivity index (χ0n) is 30.2. The van der Waals surface area contributed by atoms with Crippen molar-refractivity contribution >= 4 is 24.8 Å². The summed E-state index contributed by atoms with van der Waals surface area (Å²) in [6.07, 6.45) is 25.3. The summed E-state index contributed by atoms with van der Waals surface area (Å²) in [5.41, 5.74) is 6.28. The molecule has 1 aromatic heterocycles. The Morgan fingerprint density at radius 2 is 1.98 bits per heavy atom. The second-order valence-electron chi connectivity index (χ2n) is 17.6. The van der Waals surface area contributed by atoms with Crippen molar-refractivity contribution < 1.29 is 8.95 Å². The van der Waals surface area contributed by atoms with Crippen molar-refractivity contribution in [3.05, 3.63) is 47.7 Å². The summed E-state index contributed by atoms with van der Waals surface area (Å²) in [5.74, 6) is 5.92. The van der Waals surface area contributed by atoms with Crippen LogP contribution < -0.4 is 10.1 Å². The molecule has 3 saturated heterocycles. The molecule has 5 nitrogen and oxygen atoms in total. The molecule has 0 radical (unpaired) electrons. The highest BCUT2D eigenvalue weighted by Gasteiger charge is 2.68. The molecule has 0 spiro atoms. The first-order valence-electron chi connectivity index (χ1n) is 19.9. The molecule has 5 fully saturated rings. The van der Waals surface area contributed by atoms with Gasteiger partial charge in [-0.25, -0.2) is 4.98 Å². The Hall–Kier alpha value is -1.01. The van der Waals surface area contributed by atoms with Gasteiger partial charge in [-0.3, -0.25) is 4.21 Å². The van der Waals surface area contributed by atoms with Crippen LogP contribution in [0.5, 0.6) is 5.88 Å². The van der Waals surface area contributed by atoms with Gasteiger partial charge in [-0.15, -0.1) is 0 Å². The number of ether oxygens (including phenoxy) is 1. The third-order valence-electron chi connectivity index (χ3n) is 15.5. The van der Waals surface area contributed by atoms with E-state index in [1.54, 1.807) is 17.3 Å². The van der Waals surface area contributed by atoms with Gasteiger partial charge in [-0.1, -0.05) is 56.7 Å². The van der Waals surface area contributed by atoms with Crippen LogP contribution in [-0.2, 0) is 10.8 Å². The first-order valence-corrected chi connectivity index (χ1v) is 23.9. The fraction of sp³-hybridized carbons (Fsp3) is 0.775. The Morgan fingerprint density at radius 3 is 2.77 bits per heavy atom. The molecule has 48 heavy (non-hydrogen) atoms. The Morgan fingerprint density at radius 1 is 1.10 bits per heavy atom. The maximum absolute atomic E-state index is 11.9. The third kappa shape index (κ3) is 6.15. The van der Waals surface area contributed by atoms with Crippen LogP contribution in [0.3, 0.4) is 0 Å². The molecule has 0 amide bonds. The Balaban J connectivity index is 0.919. The SMILES string of the molecule is CC1C(C2=CCB(COc3ccccn3)CC2)=CCC2(C)C1CC[P+]1(C)C3CCC4(NCCN5CCS(=O)CC5)CCCC4C3CCC21. The molecule has 7 aliphatic rings. The van der Waals surface area contributed by atoms with Crippen molar-refractivity contribution in [3.63, 3.8) is 0 Å². The van der Waals surface area contributed by atoms with Crippen molar-refractivity contribution in [1.29, 1.82) is 0 Å². The van der Waals surface area contributed by atoms with Gasteiger partial charge in [-0.05, 0) is 87.2 Å². The summed E-state index contributed by atoms with van der Waals surface area (Å²) in [6.45, 7) is 14.0. The molecule has 9 atom stereocenters. The van der Waals surface area contributed by atoms with Crippen molar-refractivity contribution in [2.24, 2.45) is 29.1 Å². The van der Waals surface area contributed by atoms with Gasteiger partial charge in [0.2, 0.25) is 5.88 Å². The van der Waals surface area contributed by atoms with Crippen LogP contribution in [-0.4, -0.2) is 94.7 Å². The number of allylic oxidation sites excluding steroid dienone is 4. The number of rotatable bonds is 8. The largest absolute Gasteiger partial charge is 0.486 e. The molecule has 8 rings (SSSR count). The highest BCUT2D eigenvalue weighted by Crippen LogP contribution is 2.81. The van der Waals surface area contributed by atoms with Crippen LogP contribution in [0.15, 0.2) is 47.7 Å². The van der Waals surface area contributed by atoms with Crippen molar-refractivity contribution in [2.45, 2.75) is 108 Å². The van der Waals surface area contributed by atoms with Gasteiger partial charge in [0.1, 0.15) is 0 Å². The van der Waals surface area contributed by atoms with Gasteiger partial charge in [0.15, 0.2) is 6.71 Å². The number of hydrogen-bond acceptors (Lipinski definition) is 5. The van der Waals surface area contributed by atoms with Crippen LogP contribution in [0.1, 0.15) is 78.1 Å². The molecular weight excluding hydrogens is 628 g/mol. The lowest BCUT2D eigenvalue weighted by Gasteiger charge is -2.63. The predicted molar refractivity (Wildman–Crippen MR) is 206 cm³/mol. The summed E-state index contributed by atoms with van der Waals surface area (Å²) in [4.78, 5) is 6.91. The second kappa shape index (κ2) is 13.9. The summed E-state index contributed by atoms with van der Waals surface area (Å²) in [6, 6.07) is 5.93. The molecule has 3 aliphatic carbocycles. The Bertz CT molecular complexity index is 1400. The molecule has 8 heteroatoms. The third-order valence-corrected chi connectivity index (χ3v) is 22.5. The monoisotopic (exact) mass is 690 g/mol. The number of aromatic nitrogens is 1. The fourth-order valence-electron chi connectivity index (χ4n) is 13.1. The maximum atomic E-state index is 11.9. The minimum absolute atomic E-state index is 0.405. The quantitative estimate of drug-likeness (QED) is 0.225. The average molecular weight is 691 g/mol. The summed E-state index contributed by atoms with van der Waals surface area (Å²) >= 11 is 0. The smallest absolute Gasteiger partial charge is 0.212 e. The molecule has 1 aromatic rings. The van der Waals surface area contributed by atoms with Crippen molar-refractivity contribution in [2.75, 3.05) is 57.0 Å². The standard InChI is InChI=1S/C40H62BN3O2PS/c1-30-32(31-13-19-41(20-14-31)29-46-38-8-4-5-21-42-38)11-17-39(2)34(30)15-26-47(3)36-12-18-40(43-22-23-44-24-27-48(45)28-25-44)16-6-7-35(40)33(36)9-10-37(39)47/h4-5,8,11,13,21,30,33-37,43H,6-7,9-10,12,14-20,22-29H2,1-3H3/q+1. The molecule has 0 aromatic carbocycles. The first kappa shape index (κ1) is 34.1. The van der Waals surface area contributed by atoms with E-state index in [-0.39, 0.29) is 0 Å². The lowest BCUT2D eigenvalue weighted by Crippen LogP contribution is -2.61. The number of nitrogens with zero attached hydrogens (tertiary/aromatic N) is 2. The molecule has 4 aliphatic heterocycles. The van der Waals surface area contributed by atoms with Crippen LogP contribution >= 0.6 is 7.26 Å². The highest BCUT2D eigenvalue weighted by molar-refractivity contribution is 7.85. The maximum Gasteiger partial charge on any atom is 0.212 e. The molecule has 5 heterocycles. The Labute approximate surface area is 295 Å². The lowest BCUT2D eigenvalue weighted by molar-refractivity contribution is 0.0662. The van der Waals surface area contributed by atoms with E-state index in [4.69, 9.17) is 4.74 Å². The predicted octanol–water partition coefficient (Wildman–Crippen LogP) is 7.60. The van der Waals surface area contributed by atoms with Crippen LogP contribution in [0, 0.1) is 29.1 Å². The van der Waals surface area contributed by atoms with Crippen LogP contribution in [0.25, 0.3) is 0 Å². The zero-order chi connectivity index (χ0) is 32.9. The van der Waals surface area contributed by atoms with E-state index in [0.29, 0.717) is 23.6 Å².